The standard InChI is InChI=1S/C19H21FN4OS/c1-13-9-14(2)24(23-13)18(16-7-8-26-12-16)11-22-19(25)21-10-15-3-5-17(20)6-4-15/h3-9,12,18H,10-11H2,1-2H3,(H2,21,22,25)/t18-/m1/s1. The van der Waals surface area contributed by atoms with Crippen molar-refractivity contribution in [3.63, 3.8) is 0 Å². The minimum absolute atomic E-state index is 0.0634. The first-order valence-electron chi connectivity index (χ1n) is 8.34. The molecule has 0 radical (unpaired) electrons. The molecule has 3 rings (SSSR count). The van der Waals surface area contributed by atoms with Gasteiger partial charge in [-0.15, -0.1) is 0 Å². The van der Waals surface area contributed by atoms with Crippen LogP contribution in [0.5, 0.6) is 0 Å². The van der Waals surface area contributed by atoms with E-state index < -0.39 is 0 Å². The van der Waals surface area contributed by atoms with Crippen LogP contribution >= 0.6 is 11.3 Å². The van der Waals surface area contributed by atoms with Gasteiger partial charge in [0.1, 0.15) is 5.82 Å². The van der Waals surface area contributed by atoms with E-state index in [2.05, 4.69) is 21.1 Å². The Balaban J connectivity index is 1.61. The van der Waals surface area contributed by atoms with Gasteiger partial charge in [-0.3, -0.25) is 4.68 Å². The maximum absolute atomic E-state index is 12.9. The number of amides is 2. The second-order valence-electron chi connectivity index (χ2n) is 6.13. The van der Waals surface area contributed by atoms with Crippen molar-refractivity contribution in [1.29, 1.82) is 0 Å². The molecular formula is C19H21FN4OS. The molecule has 2 heterocycles. The van der Waals surface area contributed by atoms with Crippen LogP contribution in [0.2, 0.25) is 0 Å². The van der Waals surface area contributed by atoms with Crippen molar-refractivity contribution >= 4 is 17.4 Å². The van der Waals surface area contributed by atoms with Crippen molar-refractivity contribution in [1.82, 2.24) is 20.4 Å². The maximum atomic E-state index is 12.9. The molecule has 1 atom stereocenters. The predicted molar refractivity (Wildman–Crippen MR) is 101 cm³/mol. The highest BCUT2D eigenvalue weighted by Gasteiger charge is 2.18. The van der Waals surface area contributed by atoms with Crippen molar-refractivity contribution in [3.8, 4) is 0 Å². The van der Waals surface area contributed by atoms with Crippen LogP contribution < -0.4 is 10.6 Å². The number of urea groups is 1. The highest BCUT2D eigenvalue weighted by Crippen LogP contribution is 2.22. The van der Waals surface area contributed by atoms with Crippen LogP contribution in [0.3, 0.4) is 0 Å². The average molecular weight is 372 g/mol. The summed E-state index contributed by atoms with van der Waals surface area (Å²) in [4.78, 5) is 12.2. The molecule has 2 N–H and O–H groups in total. The van der Waals surface area contributed by atoms with E-state index in [0.717, 1.165) is 22.5 Å². The van der Waals surface area contributed by atoms with Gasteiger partial charge in [-0.2, -0.15) is 16.4 Å². The fourth-order valence-corrected chi connectivity index (χ4v) is 3.52. The highest BCUT2D eigenvalue weighted by atomic mass is 32.1. The fraction of sp³-hybridized carbons (Fsp3) is 0.263. The molecule has 7 heteroatoms. The highest BCUT2D eigenvalue weighted by molar-refractivity contribution is 7.07. The van der Waals surface area contributed by atoms with Gasteiger partial charge >= 0.3 is 6.03 Å². The molecule has 5 nitrogen and oxygen atoms in total. The van der Waals surface area contributed by atoms with E-state index >= 15 is 0 Å². The summed E-state index contributed by atoms with van der Waals surface area (Å²) in [5.74, 6) is -0.290. The third-order valence-electron chi connectivity index (χ3n) is 4.09. The lowest BCUT2D eigenvalue weighted by atomic mass is 10.1. The first-order valence-corrected chi connectivity index (χ1v) is 9.28. The van der Waals surface area contributed by atoms with E-state index in [0.29, 0.717) is 13.1 Å². The van der Waals surface area contributed by atoms with E-state index in [9.17, 15) is 9.18 Å². The molecule has 0 spiro atoms. The Morgan fingerprint density at radius 3 is 2.62 bits per heavy atom. The Labute approximate surface area is 155 Å². The normalized spacial score (nSPS) is 12.0. The Kier molecular flexibility index (Phi) is 5.68. The van der Waals surface area contributed by atoms with E-state index in [1.807, 2.05) is 36.0 Å². The lowest BCUT2D eigenvalue weighted by molar-refractivity contribution is 0.239. The summed E-state index contributed by atoms with van der Waals surface area (Å²) in [7, 11) is 0. The zero-order valence-electron chi connectivity index (χ0n) is 14.7. The van der Waals surface area contributed by atoms with Gasteiger partial charge in [-0.05, 0) is 60.0 Å². The number of hydrogen-bond donors (Lipinski definition) is 2. The van der Waals surface area contributed by atoms with E-state index in [1.54, 1.807) is 23.5 Å². The van der Waals surface area contributed by atoms with Crippen molar-refractivity contribution in [2.24, 2.45) is 0 Å². The second kappa shape index (κ2) is 8.14. The first-order chi connectivity index (χ1) is 12.5. The van der Waals surface area contributed by atoms with Crippen LogP contribution in [-0.4, -0.2) is 22.4 Å². The van der Waals surface area contributed by atoms with Crippen molar-refractivity contribution in [3.05, 3.63) is 75.5 Å². The van der Waals surface area contributed by atoms with Crippen LogP contribution in [0.15, 0.2) is 47.2 Å². The minimum Gasteiger partial charge on any atom is -0.336 e. The number of nitrogens with zero attached hydrogens (tertiary/aromatic N) is 2. The zero-order valence-corrected chi connectivity index (χ0v) is 15.5. The molecule has 0 aliphatic heterocycles. The molecule has 2 aromatic heterocycles. The number of aromatic nitrogens is 2. The third kappa shape index (κ3) is 4.49. The maximum Gasteiger partial charge on any atom is 0.315 e. The number of carbonyl (C=O) groups excluding carboxylic acids is 1. The lowest BCUT2D eigenvalue weighted by Crippen LogP contribution is -2.39. The quantitative estimate of drug-likeness (QED) is 0.692. The molecule has 0 fully saturated rings. The van der Waals surface area contributed by atoms with E-state index in [-0.39, 0.29) is 17.9 Å². The first kappa shape index (κ1) is 18.1. The van der Waals surface area contributed by atoms with Crippen LogP contribution in [-0.2, 0) is 6.54 Å². The van der Waals surface area contributed by atoms with E-state index in [1.165, 1.54) is 12.1 Å². The molecule has 0 saturated carbocycles. The van der Waals surface area contributed by atoms with Crippen LogP contribution in [0.1, 0.15) is 28.6 Å². The molecule has 0 aliphatic rings. The monoisotopic (exact) mass is 372 g/mol. The smallest absolute Gasteiger partial charge is 0.315 e. The lowest BCUT2D eigenvalue weighted by Gasteiger charge is -2.19. The third-order valence-corrected chi connectivity index (χ3v) is 4.79. The van der Waals surface area contributed by atoms with Gasteiger partial charge < -0.3 is 10.6 Å². The second-order valence-corrected chi connectivity index (χ2v) is 6.91. The van der Waals surface area contributed by atoms with E-state index in [4.69, 9.17) is 0 Å². The predicted octanol–water partition coefficient (Wildman–Crippen LogP) is 3.79. The van der Waals surface area contributed by atoms with Crippen molar-refractivity contribution < 1.29 is 9.18 Å². The Morgan fingerprint density at radius 1 is 1.23 bits per heavy atom. The SMILES string of the molecule is Cc1cc(C)n([C@H](CNC(=O)NCc2ccc(F)cc2)c2ccsc2)n1. The molecule has 2 amide bonds. The Morgan fingerprint density at radius 2 is 2.00 bits per heavy atom. The summed E-state index contributed by atoms with van der Waals surface area (Å²) in [6.07, 6.45) is 0. The molecular weight excluding hydrogens is 351 g/mol. The number of thiophene rings is 1. The summed E-state index contributed by atoms with van der Waals surface area (Å²) < 4.78 is 14.9. The number of halogens is 1. The topological polar surface area (TPSA) is 59.0 Å². The number of hydrogen-bond acceptors (Lipinski definition) is 3. The number of nitrogens with one attached hydrogen (secondary N) is 2. The van der Waals surface area contributed by atoms with Gasteiger partial charge in [0.2, 0.25) is 0 Å². The summed E-state index contributed by atoms with van der Waals surface area (Å²) >= 11 is 1.62. The molecule has 0 aliphatic carbocycles. The number of carbonyl (C=O) groups is 1. The Bertz CT molecular complexity index is 858. The number of rotatable bonds is 6. The molecule has 0 saturated heterocycles. The fourth-order valence-electron chi connectivity index (χ4n) is 2.81. The van der Waals surface area contributed by atoms with Gasteiger partial charge in [-0.1, -0.05) is 12.1 Å². The minimum atomic E-state index is -0.290. The molecule has 3 aromatic rings. The molecule has 26 heavy (non-hydrogen) atoms. The average Bonchev–Trinajstić information content (AvgIpc) is 3.25. The summed E-state index contributed by atoms with van der Waals surface area (Å²) in [5, 5.41) is 14.3. The molecule has 0 bridgehead atoms. The zero-order chi connectivity index (χ0) is 18.5. The van der Waals surface area contributed by atoms with Crippen LogP contribution in [0, 0.1) is 19.7 Å². The number of benzene rings is 1. The largest absolute Gasteiger partial charge is 0.336 e. The summed E-state index contributed by atoms with van der Waals surface area (Å²) in [5.41, 5.74) is 3.95. The Hall–Kier alpha value is -2.67. The van der Waals surface area contributed by atoms with Crippen LogP contribution in [0.4, 0.5) is 9.18 Å². The summed E-state index contributed by atoms with van der Waals surface area (Å²) in [6, 6.07) is 9.80. The molecule has 1 aromatic carbocycles. The molecule has 136 valence electrons. The van der Waals surface area contributed by atoms with Gasteiger partial charge in [0.05, 0.1) is 11.7 Å². The van der Waals surface area contributed by atoms with Gasteiger partial charge in [-0.25, -0.2) is 9.18 Å². The molecule has 0 unspecified atom stereocenters. The van der Waals surface area contributed by atoms with Crippen molar-refractivity contribution in [2.75, 3.05) is 6.54 Å². The van der Waals surface area contributed by atoms with Crippen molar-refractivity contribution in [2.45, 2.75) is 26.4 Å². The van der Waals surface area contributed by atoms with Crippen LogP contribution in [0.25, 0.3) is 0 Å². The number of aryl methyl sites for hydroxylation is 2. The van der Waals surface area contributed by atoms with Gasteiger partial charge in [0.15, 0.2) is 0 Å². The summed E-state index contributed by atoms with van der Waals surface area (Å²) in [6.45, 7) is 4.73. The van der Waals surface area contributed by atoms with Gasteiger partial charge in [0, 0.05) is 18.8 Å². The van der Waals surface area contributed by atoms with Gasteiger partial charge in [0.25, 0.3) is 0 Å².